The molecule has 0 saturated carbocycles. The zero-order valence-corrected chi connectivity index (χ0v) is 14.2. The van der Waals surface area contributed by atoms with Crippen LogP contribution in [0.25, 0.3) is 11.4 Å². The number of amides is 1. The highest BCUT2D eigenvalue weighted by atomic mass is 16.5. The second-order valence-corrected chi connectivity index (χ2v) is 5.63. The minimum absolute atomic E-state index is 0.111. The number of hydrogen-bond acceptors (Lipinski definition) is 4. The largest absolute Gasteiger partial charge is 0.467 e. The molecule has 126 valence electrons. The molecule has 5 nitrogen and oxygen atoms in total. The standard InChI is InChI=1S/C20H19N3O2/c1-14-15(2)21-19(16-9-5-3-6-10-16)23-20(14)25-13-18(24)22-17-11-7-4-8-12-17/h3-12H,13H2,1-2H3,(H,22,24). The molecular formula is C20H19N3O2. The molecule has 3 rings (SSSR count). The summed E-state index contributed by atoms with van der Waals surface area (Å²) in [6, 6.07) is 19.0. The van der Waals surface area contributed by atoms with Crippen LogP contribution in [0.4, 0.5) is 5.69 Å². The van der Waals surface area contributed by atoms with Crippen LogP contribution in [0.3, 0.4) is 0 Å². The van der Waals surface area contributed by atoms with Crippen molar-refractivity contribution in [3.8, 4) is 17.3 Å². The Bertz CT molecular complexity index is 865. The Hall–Kier alpha value is -3.21. The number of benzene rings is 2. The van der Waals surface area contributed by atoms with Crippen molar-refractivity contribution in [1.82, 2.24) is 9.97 Å². The van der Waals surface area contributed by atoms with Gasteiger partial charge in [-0.3, -0.25) is 4.79 Å². The Morgan fingerprint density at radius 2 is 1.60 bits per heavy atom. The number of hydrogen-bond donors (Lipinski definition) is 1. The van der Waals surface area contributed by atoms with E-state index in [0.717, 1.165) is 22.5 Å². The van der Waals surface area contributed by atoms with Crippen molar-refractivity contribution in [3.63, 3.8) is 0 Å². The van der Waals surface area contributed by atoms with Gasteiger partial charge in [-0.05, 0) is 26.0 Å². The Morgan fingerprint density at radius 3 is 2.28 bits per heavy atom. The first-order valence-electron chi connectivity index (χ1n) is 8.02. The minimum atomic E-state index is -0.233. The van der Waals surface area contributed by atoms with Crippen molar-refractivity contribution < 1.29 is 9.53 Å². The fraction of sp³-hybridized carbons (Fsp3) is 0.150. The third kappa shape index (κ3) is 4.20. The Balaban J connectivity index is 1.73. The number of nitrogens with one attached hydrogen (secondary N) is 1. The zero-order valence-electron chi connectivity index (χ0n) is 14.2. The van der Waals surface area contributed by atoms with Crippen LogP contribution >= 0.6 is 0 Å². The van der Waals surface area contributed by atoms with Crippen LogP contribution < -0.4 is 10.1 Å². The second kappa shape index (κ2) is 7.57. The van der Waals surface area contributed by atoms with Gasteiger partial charge in [0, 0.05) is 22.5 Å². The van der Waals surface area contributed by atoms with Gasteiger partial charge < -0.3 is 10.1 Å². The van der Waals surface area contributed by atoms with E-state index in [1.165, 1.54) is 0 Å². The molecule has 0 unspecified atom stereocenters. The number of para-hydroxylation sites is 1. The van der Waals surface area contributed by atoms with E-state index in [9.17, 15) is 4.79 Å². The fourth-order valence-corrected chi connectivity index (χ4v) is 2.31. The molecular weight excluding hydrogens is 314 g/mol. The number of carbonyl (C=O) groups is 1. The predicted molar refractivity (Wildman–Crippen MR) is 97.5 cm³/mol. The Morgan fingerprint density at radius 1 is 0.960 bits per heavy atom. The third-order valence-electron chi connectivity index (χ3n) is 3.77. The lowest BCUT2D eigenvalue weighted by atomic mass is 10.2. The second-order valence-electron chi connectivity index (χ2n) is 5.63. The molecule has 0 spiro atoms. The van der Waals surface area contributed by atoms with Crippen LogP contribution in [-0.2, 0) is 4.79 Å². The SMILES string of the molecule is Cc1nc(-c2ccccc2)nc(OCC(=O)Nc2ccccc2)c1C. The van der Waals surface area contributed by atoms with Gasteiger partial charge in [-0.1, -0.05) is 48.5 Å². The van der Waals surface area contributed by atoms with Crippen LogP contribution in [0.1, 0.15) is 11.3 Å². The van der Waals surface area contributed by atoms with Gasteiger partial charge in [0.1, 0.15) is 0 Å². The smallest absolute Gasteiger partial charge is 0.262 e. The molecule has 1 heterocycles. The predicted octanol–water partition coefficient (Wildman–Crippen LogP) is 3.78. The highest BCUT2D eigenvalue weighted by molar-refractivity contribution is 5.91. The molecule has 3 aromatic rings. The number of nitrogens with zero attached hydrogens (tertiary/aromatic N) is 2. The first-order valence-corrected chi connectivity index (χ1v) is 8.02. The van der Waals surface area contributed by atoms with E-state index in [-0.39, 0.29) is 12.5 Å². The molecule has 0 saturated heterocycles. The molecule has 25 heavy (non-hydrogen) atoms. The summed E-state index contributed by atoms with van der Waals surface area (Å²) in [6.45, 7) is 3.68. The van der Waals surface area contributed by atoms with Gasteiger partial charge in [-0.15, -0.1) is 0 Å². The van der Waals surface area contributed by atoms with Crippen molar-refractivity contribution >= 4 is 11.6 Å². The number of aromatic nitrogens is 2. The van der Waals surface area contributed by atoms with Gasteiger partial charge in [0.15, 0.2) is 12.4 Å². The molecule has 0 aliphatic rings. The van der Waals surface area contributed by atoms with Crippen molar-refractivity contribution in [1.29, 1.82) is 0 Å². The van der Waals surface area contributed by atoms with Gasteiger partial charge in [-0.2, -0.15) is 4.98 Å². The van der Waals surface area contributed by atoms with E-state index < -0.39 is 0 Å². The minimum Gasteiger partial charge on any atom is -0.467 e. The number of rotatable bonds is 5. The number of aryl methyl sites for hydroxylation is 1. The molecule has 1 amide bonds. The van der Waals surface area contributed by atoms with E-state index in [1.54, 1.807) is 0 Å². The van der Waals surface area contributed by atoms with Crippen LogP contribution in [0.5, 0.6) is 5.88 Å². The summed E-state index contributed by atoms with van der Waals surface area (Å²) in [4.78, 5) is 21.0. The molecule has 0 bridgehead atoms. The normalized spacial score (nSPS) is 10.3. The summed E-state index contributed by atoms with van der Waals surface area (Å²) in [5.41, 5.74) is 3.29. The van der Waals surface area contributed by atoms with Crippen molar-refractivity contribution in [2.24, 2.45) is 0 Å². The first-order chi connectivity index (χ1) is 12.1. The summed E-state index contributed by atoms with van der Waals surface area (Å²) in [6.07, 6.45) is 0. The van der Waals surface area contributed by atoms with Crippen LogP contribution in [0, 0.1) is 13.8 Å². The molecule has 1 aromatic heterocycles. The highest BCUT2D eigenvalue weighted by Crippen LogP contribution is 2.23. The monoisotopic (exact) mass is 333 g/mol. The Kier molecular flexibility index (Phi) is 5.04. The van der Waals surface area contributed by atoms with E-state index in [4.69, 9.17) is 4.74 Å². The summed E-state index contributed by atoms with van der Waals surface area (Å²) in [7, 11) is 0. The average molecular weight is 333 g/mol. The van der Waals surface area contributed by atoms with Crippen LogP contribution in [0.15, 0.2) is 60.7 Å². The van der Waals surface area contributed by atoms with Crippen LogP contribution in [0.2, 0.25) is 0 Å². The quantitative estimate of drug-likeness (QED) is 0.772. The molecule has 5 heteroatoms. The highest BCUT2D eigenvalue weighted by Gasteiger charge is 2.12. The molecule has 2 aromatic carbocycles. The number of carbonyl (C=O) groups excluding carboxylic acids is 1. The molecule has 0 aliphatic carbocycles. The lowest BCUT2D eigenvalue weighted by Crippen LogP contribution is -2.21. The van der Waals surface area contributed by atoms with Gasteiger partial charge in [-0.25, -0.2) is 4.98 Å². The maximum atomic E-state index is 12.1. The average Bonchev–Trinajstić information content (AvgIpc) is 2.64. The topological polar surface area (TPSA) is 64.1 Å². The van der Waals surface area contributed by atoms with Gasteiger partial charge in [0.25, 0.3) is 5.91 Å². The van der Waals surface area contributed by atoms with E-state index >= 15 is 0 Å². The van der Waals surface area contributed by atoms with E-state index in [1.807, 2.05) is 74.5 Å². The summed E-state index contributed by atoms with van der Waals surface area (Å²) in [5, 5.41) is 2.79. The molecule has 0 aliphatic heterocycles. The molecule has 0 atom stereocenters. The number of ether oxygens (including phenoxy) is 1. The van der Waals surface area contributed by atoms with Gasteiger partial charge in [0.2, 0.25) is 5.88 Å². The first kappa shape index (κ1) is 16.6. The van der Waals surface area contributed by atoms with E-state index in [0.29, 0.717) is 11.7 Å². The maximum Gasteiger partial charge on any atom is 0.262 e. The fourth-order valence-electron chi connectivity index (χ4n) is 2.31. The van der Waals surface area contributed by atoms with Crippen molar-refractivity contribution in [3.05, 3.63) is 71.9 Å². The molecule has 0 fully saturated rings. The summed E-state index contributed by atoms with van der Waals surface area (Å²) < 4.78 is 5.65. The third-order valence-corrected chi connectivity index (χ3v) is 3.77. The van der Waals surface area contributed by atoms with E-state index in [2.05, 4.69) is 15.3 Å². The van der Waals surface area contributed by atoms with Crippen LogP contribution in [-0.4, -0.2) is 22.5 Å². The zero-order chi connectivity index (χ0) is 17.6. The van der Waals surface area contributed by atoms with Crippen molar-refractivity contribution in [2.75, 3.05) is 11.9 Å². The molecule has 1 N–H and O–H groups in total. The van der Waals surface area contributed by atoms with Crippen molar-refractivity contribution in [2.45, 2.75) is 13.8 Å². The molecule has 0 radical (unpaired) electrons. The number of anilines is 1. The summed E-state index contributed by atoms with van der Waals surface area (Å²) in [5.74, 6) is 0.778. The van der Waals surface area contributed by atoms with Gasteiger partial charge >= 0.3 is 0 Å². The Labute approximate surface area is 146 Å². The van der Waals surface area contributed by atoms with Gasteiger partial charge in [0.05, 0.1) is 0 Å². The lowest BCUT2D eigenvalue weighted by molar-refractivity contribution is -0.118. The summed E-state index contributed by atoms with van der Waals surface area (Å²) >= 11 is 0. The lowest BCUT2D eigenvalue weighted by Gasteiger charge is -2.12. The maximum absolute atomic E-state index is 12.1.